The van der Waals surface area contributed by atoms with Gasteiger partial charge < -0.3 is 9.16 Å². The fraction of sp³-hybridized carbons (Fsp3) is 0.727. The highest BCUT2D eigenvalue weighted by Crippen LogP contribution is 2.10. The first kappa shape index (κ1) is 14.4. The van der Waals surface area contributed by atoms with Gasteiger partial charge in [0.1, 0.15) is 6.61 Å². The largest absolute Gasteiger partial charge is 0.460 e. The number of esters is 1. The lowest BCUT2D eigenvalue weighted by molar-refractivity contribution is -0.141. The molecule has 0 N–H and O–H groups in total. The maximum Gasteiger partial charge on any atom is 0.333 e. The van der Waals surface area contributed by atoms with Crippen LogP contribution in [0.5, 0.6) is 0 Å². The predicted molar refractivity (Wildman–Crippen MR) is 64.3 cm³/mol. The Bertz CT molecular complexity index is 230. The monoisotopic (exact) mass is 230 g/mol. The van der Waals surface area contributed by atoms with Crippen molar-refractivity contribution < 1.29 is 14.0 Å². The van der Waals surface area contributed by atoms with E-state index in [1.54, 1.807) is 6.92 Å². The summed E-state index contributed by atoms with van der Waals surface area (Å²) in [4.78, 5) is 11.2. The summed E-state index contributed by atoms with van der Waals surface area (Å²) in [6, 6.07) is 0. The predicted octanol–water partition coefficient (Wildman–Crippen LogP) is 2.74. The van der Waals surface area contributed by atoms with Gasteiger partial charge in [-0.15, -0.1) is 0 Å². The van der Waals surface area contributed by atoms with E-state index in [0.29, 0.717) is 12.2 Å². The van der Waals surface area contributed by atoms with Gasteiger partial charge in [-0.1, -0.05) is 13.5 Å². The number of hydrogen-bond donors (Lipinski definition) is 0. The molecule has 0 aliphatic carbocycles. The van der Waals surface area contributed by atoms with Crippen molar-refractivity contribution in [3.63, 3.8) is 0 Å². The van der Waals surface area contributed by atoms with Gasteiger partial charge in [0.2, 0.25) is 0 Å². The summed E-state index contributed by atoms with van der Waals surface area (Å²) in [7, 11) is -1.55. The Morgan fingerprint density at radius 2 is 1.93 bits per heavy atom. The Balaban J connectivity index is 4.01. The lowest BCUT2D eigenvalue weighted by Crippen LogP contribution is -2.34. The molecule has 4 heteroatoms. The summed E-state index contributed by atoms with van der Waals surface area (Å²) < 4.78 is 10.9. The Hall–Kier alpha value is -0.613. The molecule has 1 unspecified atom stereocenters. The van der Waals surface area contributed by atoms with Crippen LogP contribution in [0, 0.1) is 0 Å². The van der Waals surface area contributed by atoms with Crippen LogP contribution in [0.1, 0.15) is 20.3 Å². The van der Waals surface area contributed by atoms with Crippen LogP contribution in [0.2, 0.25) is 19.6 Å². The summed E-state index contributed by atoms with van der Waals surface area (Å²) >= 11 is 0. The van der Waals surface area contributed by atoms with Crippen LogP contribution in [-0.4, -0.2) is 27.0 Å². The van der Waals surface area contributed by atoms with Crippen molar-refractivity contribution in [3.05, 3.63) is 12.2 Å². The molecular weight excluding hydrogens is 208 g/mol. The van der Waals surface area contributed by atoms with Crippen molar-refractivity contribution >= 4 is 14.3 Å². The first-order chi connectivity index (χ1) is 6.76. The van der Waals surface area contributed by atoms with Gasteiger partial charge in [-0.25, -0.2) is 4.79 Å². The van der Waals surface area contributed by atoms with Crippen molar-refractivity contribution in [2.24, 2.45) is 0 Å². The molecule has 0 aliphatic rings. The molecule has 0 saturated heterocycles. The molecule has 0 saturated carbocycles. The van der Waals surface area contributed by atoms with Crippen LogP contribution in [0.15, 0.2) is 12.2 Å². The molecule has 0 fully saturated rings. The van der Waals surface area contributed by atoms with Gasteiger partial charge in [0.05, 0.1) is 6.10 Å². The smallest absolute Gasteiger partial charge is 0.333 e. The summed E-state index contributed by atoms with van der Waals surface area (Å²) in [6.07, 6.45) is 0.869. The first-order valence-electron chi connectivity index (χ1n) is 5.26. The maximum absolute atomic E-state index is 11.2. The van der Waals surface area contributed by atoms with Crippen LogP contribution < -0.4 is 0 Å². The molecule has 1 atom stereocenters. The molecule has 0 radical (unpaired) electrons. The van der Waals surface area contributed by atoms with Gasteiger partial charge in [0.15, 0.2) is 8.32 Å². The fourth-order valence-electron chi connectivity index (χ4n) is 1.03. The molecular formula is C11H22O3Si. The van der Waals surface area contributed by atoms with Gasteiger partial charge in [-0.05, 0) is 33.0 Å². The molecule has 0 spiro atoms. The molecule has 0 rings (SSSR count). The summed E-state index contributed by atoms with van der Waals surface area (Å²) in [6.45, 7) is 13.9. The second-order valence-corrected chi connectivity index (χ2v) is 9.10. The highest BCUT2D eigenvalue weighted by atomic mass is 28.4. The molecule has 0 aromatic heterocycles. The van der Waals surface area contributed by atoms with Gasteiger partial charge in [0.25, 0.3) is 0 Å². The summed E-state index contributed by atoms with van der Waals surface area (Å²) in [5.74, 6) is -0.340. The molecule has 0 heterocycles. The quantitative estimate of drug-likeness (QED) is 0.400. The molecule has 0 aliphatic heterocycles. The minimum absolute atomic E-state index is 0.0139. The van der Waals surface area contributed by atoms with Crippen molar-refractivity contribution in [2.45, 2.75) is 46.0 Å². The number of carbonyl (C=O) groups is 1. The van der Waals surface area contributed by atoms with Crippen LogP contribution in [-0.2, 0) is 14.0 Å². The third-order valence-corrected chi connectivity index (χ3v) is 2.76. The van der Waals surface area contributed by atoms with Gasteiger partial charge in [0, 0.05) is 5.57 Å². The van der Waals surface area contributed by atoms with E-state index >= 15 is 0 Å². The number of ether oxygens (including phenoxy) is 1. The molecule has 15 heavy (non-hydrogen) atoms. The minimum Gasteiger partial charge on any atom is -0.460 e. The zero-order chi connectivity index (χ0) is 12.1. The highest BCUT2D eigenvalue weighted by Gasteiger charge is 2.21. The van der Waals surface area contributed by atoms with Crippen molar-refractivity contribution in [1.82, 2.24) is 0 Å². The standard InChI is InChI=1S/C11H22O3Si/c1-7-10(14-15(4,5)6)8-13-11(12)9(2)3/h10H,2,7-8H2,1,3-6H3. The van der Waals surface area contributed by atoms with Gasteiger partial charge in [-0.2, -0.15) is 0 Å². The van der Waals surface area contributed by atoms with Crippen LogP contribution >= 0.6 is 0 Å². The SMILES string of the molecule is C=C(C)C(=O)OCC(CC)O[Si](C)(C)C. The number of hydrogen-bond acceptors (Lipinski definition) is 3. The zero-order valence-electron chi connectivity index (χ0n) is 10.4. The fourth-order valence-corrected chi connectivity index (χ4v) is 2.26. The van der Waals surface area contributed by atoms with Crippen molar-refractivity contribution in [2.75, 3.05) is 6.61 Å². The zero-order valence-corrected chi connectivity index (χ0v) is 11.4. The normalized spacial score (nSPS) is 13.4. The third kappa shape index (κ3) is 7.33. The van der Waals surface area contributed by atoms with E-state index in [-0.39, 0.29) is 12.1 Å². The van der Waals surface area contributed by atoms with Crippen molar-refractivity contribution in [1.29, 1.82) is 0 Å². The van der Waals surface area contributed by atoms with E-state index in [0.717, 1.165) is 6.42 Å². The highest BCUT2D eigenvalue weighted by molar-refractivity contribution is 6.69. The van der Waals surface area contributed by atoms with Crippen LogP contribution in [0.25, 0.3) is 0 Å². The lowest BCUT2D eigenvalue weighted by atomic mass is 10.3. The van der Waals surface area contributed by atoms with Gasteiger partial charge >= 0.3 is 5.97 Å². The molecule has 0 bridgehead atoms. The van der Waals surface area contributed by atoms with E-state index < -0.39 is 8.32 Å². The topological polar surface area (TPSA) is 35.5 Å². The summed E-state index contributed by atoms with van der Waals surface area (Å²) in [5.41, 5.74) is 0.429. The van der Waals surface area contributed by atoms with E-state index in [1.807, 2.05) is 6.92 Å². The van der Waals surface area contributed by atoms with Gasteiger partial charge in [-0.3, -0.25) is 0 Å². The van der Waals surface area contributed by atoms with Crippen molar-refractivity contribution in [3.8, 4) is 0 Å². The Kier molecular flexibility index (Phi) is 5.83. The van der Waals surface area contributed by atoms with E-state index in [1.165, 1.54) is 0 Å². The molecule has 0 amide bonds. The second-order valence-electron chi connectivity index (χ2n) is 4.64. The summed E-state index contributed by atoms with van der Waals surface area (Å²) in [5, 5.41) is 0. The third-order valence-electron chi connectivity index (χ3n) is 1.72. The Labute approximate surface area is 93.6 Å². The average Bonchev–Trinajstić information content (AvgIpc) is 2.09. The van der Waals surface area contributed by atoms with Crippen LogP contribution in [0.4, 0.5) is 0 Å². The number of rotatable bonds is 6. The maximum atomic E-state index is 11.2. The molecule has 0 aromatic rings. The van der Waals surface area contributed by atoms with E-state index in [4.69, 9.17) is 9.16 Å². The molecule has 88 valence electrons. The van der Waals surface area contributed by atoms with E-state index in [9.17, 15) is 4.79 Å². The van der Waals surface area contributed by atoms with Crippen LogP contribution in [0.3, 0.4) is 0 Å². The number of carbonyl (C=O) groups excluding carboxylic acids is 1. The average molecular weight is 230 g/mol. The molecule has 0 aromatic carbocycles. The Morgan fingerprint density at radius 3 is 2.27 bits per heavy atom. The first-order valence-corrected chi connectivity index (χ1v) is 8.67. The van der Waals surface area contributed by atoms with E-state index in [2.05, 4.69) is 26.2 Å². The Morgan fingerprint density at radius 1 is 1.40 bits per heavy atom. The lowest BCUT2D eigenvalue weighted by Gasteiger charge is -2.25. The second kappa shape index (κ2) is 6.08. The molecule has 3 nitrogen and oxygen atoms in total. The minimum atomic E-state index is -1.55.